The highest BCUT2D eigenvalue weighted by atomic mass is 32.1. The van der Waals surface area contributed by atoms with Crippen molar-refractivity contribution in [2.75, 3.05) is 0 Å². The summed E-state index contributed by atoms with van der Waals surface area (Å²) in [5.74, 6) is 0. The fraction of sp³-hybridized carbons (Fsp3) is 0.100. The van der Waals surface area contributed by atoms with Crippen molar-refractivity contribution in [3.8, 4) is 11.1 Å². The van der Waals surface area contributed by atoms with Crippen LogP contribution in [0.3, 0.4) is 0 Å². The second kappa shape index (κ2) is 2.59. The van der Waals surface area contributed by atoms with Gasteiger partial charge >= 0.3 is 0 Å². The van der Waals surface area contributed by atoms with Gasteiger partial charge in [-0.05, 0) is 6.92 Å². The van der Waals surface area contributed by atoms with Crippen molar-refractivity contribution in [2.24, 2.45) is 0 Å². The molecular weight excluding hydrogens is 152 g/mol. The summed E-state index contributed by atoms with van der Waals surface area (Å²) in [6.07, 6.45) is 0. The van der Waals surface area contributed by atoms with Gasteiger partial charge in [-0.3, -0.25) is 0 Å². The monoisotopic (exact) mass is 161 g/mol. The Labute approximate surface area is 70.5 Å². The van der Waals surface area contributed by atoms with Crippen LogP contribution in [-0.4, -0.2) is 0 Å². The fourth-order valence-electron chi connectivity index (χ4n) is 1.16. The first kappa shape index (κ1) is 6.74. The van der Waals surface area contributed by atoms with E-state index in [9.17, 15) is 0 Å². The lowest BCUT2D eigenvalue weighted by atomic mass is 10.2. The lowest BCUT2D eigenvalue weighted by molar-refractivity contribution is 1.63. The molecule has 1 heteroatoms. The van der Waals surface area contributed by atoms with Crippen molar-refractivity contribution < 1.29 is 0 Å². The van der Waals surface area contributed by atoms with Gasteiger partial charge in [-0.1, -0.05) is 6.07 Å². The smallest absolute Gasteiger partial charge is 0.0988 e. The Balaban J connectivity index is 2.45. The van der Waals surface area contributed by atoms with Crippen LogP contribution in [0.5, 0.6) is 0 Å². The quantitative estimate of drug-likeness (QED) is 0.444. The Morgan fingerprint density at radius 3 is 3.00 bits per heavy atom. The topological polar surface area (TPSA) is 0 Å². The molecule has 0 unspecified atom stereocenters. The van der Waals surface area contributed by atoms with E-state index in [2.05, 4.69) is 42.6 Å². The summed E-state index contributed by atoms with van der Waals surface area (Å²) in [5, 5.41) is 2.20. The molecule has 0 saturated heterocycles. The third-order valence-corrected chi connectivity index (χ3v) is 2.59. The van der Waals surface area contributed by atoms with Crippen molar-refractivity contribution >= 4 is 11.3 Å². The van der Waals surface area contributed by atoms with Crippen LogP contribution >= 0.6 is 11.3 Å². The molecule has 1 heterocycles. The molecule has 0 fully saturated rings. The van der Waals surface area contributed by atoms with E-state index in [-0.39, 0.29) is 0 Å². The Bertz CT molecular complexity index is 327. The Morgan fingerprint density at radius 1 is 1.55 bits per heavy atom. The predicted molar refractivity (Wildman–Crippen MR) is 50.1 cm³/mol. The number of hydrogen-bond acceptors (Lipinski definition) is 0. The first-order valence-corrected chi connectivity index (χ1v) is 4.51. The molecule has 0 radical (unpaired) electrons. The highest BCUT2D eigenvalue weighted by Gasteiger charge is 1.94. The minimum absolute atomic E-state index is 1.33. The first-order chi connectivity index (χ1) is 5.36. The molecule has 0 saturated carbocycles. The number of aryl methyl sites for hydroxylation is 1. The maximum absolute atomic E-state index is 2.22. The van der Waals surface area contributed by atoms with Crippen LogP contribution < -0.4 is 0 Å². The van der Waals surface area contributed by atoms with Crippen LogP contribution in [0.15, 0.2) is 35.7 Å². The van der Waals surface area contributed by atoms with Gasteiger partial charge < -0.3 is 0 Å². The molecule has 56 valence electrons. The number of thiophene rings is 1. The molecule has 0 atom stereocenters. The van der Waals surface area contributed by atoms with E-state index < -0.39 is 0 Å². The van der Waals surface area contributed by atoms with Gasteiger partial charge in [0.25, 0.3) is 0 Å². The average Bonchev–Trinajstić information content (AvgIpc) is 2.55. The molecule has 0 aliphatic rings. The largest absolute Gasteiger partial charge is 0.177 e. The molecule has 0 amide bonds. The Morgan fingerprint density at radius 2 is 2.45 bits per heavy atom. The zero-order valence-electron chi connectivity index (χ0n) is 6.37. The second-order valence-corrected chi connectivity index (χ2v) is 3.73. The summed E-state index contributed by atoms with van der Waals surface area (Å²) in [7, 11) is 0. The summed E-state index contributed by atoms with van der Waals surface area (Å²) in [5.41, 5.74) is 2.67. The molecule has 1 aromatic carbocycles. The van der Waals surface area contributed by atoms with E-state index in [1.807, 2.05) is 0 Å². The van der Waals surface area contributed by atoms with Gasteiger partial charge in [-0.2, -0.15) is 23.8 Å². The van der Waals surface area contributed by atoms with Gasteiger partial charge in [0.1, 0.15) is 0 Å². The minimum Gasteiger partial charge on any atom is -0.177 e. The molecule has 11 heavy (non-hydrogen) atoms. The summed E-state index contributed by atoms with van der Waals surface area (Å²) < 4.78 is 0. The van der Waals surface area contributed by atoms with E-state index in [1.54, 1.807) is 11.3 Å². The zero-order chi connectivity index (χ0) is 7.68. The standard InChI is InChI=1S/C10H9S/c1-8-6-10(7-11-8)9-4-2-3-5-9/h2-7H,1H3/q-1. The highest BCUT2D eigenvalue weighted by Crippen LogP contribution is 2.24. The summed E-state index contributed by atoms with van der Waals surface area (Å²) in [6.45, 7) is 2.14. The molecule has 1 aromatic heterocycles. The van der Waals surface area contributed by atoms with Crippen LogP contribution in [0.25, 0.3) is 11.1 Å². The summed E-state index contributed by atoms with van der Waals surface area (Å²) in [4.78, 5) is 1.38. The van der Waals surface area contributed by atoms with Crippen LogP contribution in [-0.2, 0) is 0 Å². The minimum atomic E-state index is 1.33. The van der Waals surface area contributed by atoms with Crippen LogP contribution in [0.2, 0.25) is 0 Å². The third-order valence-electron chi connectivity index (χ3n) is 1.73. The fourth-order valence-corrected chi connectivity index (χ4v) is 1.87. The van der Waals surface area contributed by atoms with Crippen molar-refractivity contribution in [3.05, 3.63) is 40.6 Å². The van der Waals surface area contributed by atoms with Crippen molar-refractivity contribution in [1.82, 2.24) is 0 Å². The SMILES string of the molecule is C[c-]1cc(-c2ccc[cH-]2)c[s+]1. The molecule has 0 bridgehead atoms. The van der Waals surface area contributed by atoms with Gasteiger partial charge in [0, 0.05) is 0 Å². The van der Waals surface area contributed by atoms with Crippen LogP contribution in [0.1, 0.15) is 4.88 Å². The lowest BCUT2D eigenvalue weighted by Crippen LogP contribution is -1.62. The van der Waals surface area contributed by atoms with Gasteiger partial charge in [-0.15, -0.1) is 11.6 Å². The molecule has 0 aliphatic carbocycles. The Kier molecular flexibility index (Phi) is 1.59. The average molecular weight is 161 g/mol. The van der Waals surface area contributed by atoms with Gasteiger partial charge in [0.15, 0.2) is 0 Å². The normalized spacial score (nSPS) is 10.3. The summed E-state index contributed by atoms with van der Waals surface area (Å²) in [6, 6.07) is 10.6. The maximum atomic E-state index is 2.22. The highest BCUT2D eigenvalue weighted by molar-refractivity contribution is 7.10. The molecule has 0 spiro atoms. The van der Waals surface area contributed by atoms with Gasteiger partial charge in [0.2, 0.25) is 0 Å². The van der Waals surface area contributed by atoms with Crippen molar-refractivity contribution in [1.29, 1.82) is 0 Å². The molecule has 0 nitrogen and oxygen atoms in total. The molecule has 2 rings (SSSR count). The van der Waals surface area contributed by atoms with Crippen molar-refractivity contribution in [3.63, 3.8) is 0 Å². The lowest BCUT2D eigenvalue weighted by Gasteiger charge is -1.96. The van der Waals surface area contributed by atoms with E-state index in [0.29, 0.717) is 0 Å². The number of hydrogen-bond donors (Lipinski definition) is 0. The van der Waals surface area contributed by atoms with E-state index >= 15 is 0 Å². The molecule has 0 aliphatic heterocycles. The van der Waals surface area contributed by atoms with E-state index in [1.165, 1.54) is 16.0 Å². The Hall–Kier alpha value is -0.950. The van der Waals surface area contributed by atoms with Crippen LogP contribution in [0.4, 0.5) is 0 Å². The van der Waals surface area contributed by atoms with E-state index in [4.69, 9.17) is 0 Å². The van der Waals surface area contributed by atoms with Crippen LogP contribution in [0, 0.1) is 6.92 Å². The number of rotatable bonds is 1. The second-order valence-electron chi connectivity index (χ2n) is 2.62. The molecular formula is C10H9S-. The maximum Gasteiger partial charge on any atom is 0.0988 e. The molecule has 0 N–H and O–H groups in total. The molecule has 2 aromatic rings. The summed E-state index contributed by atoms with van der Waals surface area (Å²) >= 11 is 1.80. The third kappa shape index (κ3) is 1.24. The predicted octanol–water partition coefficient (Wildman–Crippen LogP) is 3.44. The van der Waals surface area contributed by atoms with E-state index in [0.717, 1.165) is 0 Å². The van der Waals surface area contributed by atoms with Gasteiger partial charge in [-0.25, -0.2) is 0 Å². The van der Waals surface area contributed by atoms with Gasteiger partial charge in [0.05, 0.1) is 21.6 Å². The van der Waals surface area contributed by atoms with Crippen molar-refractivity contribution in [2.45, 2.75) is 6.92 Å². The zero-order valence-corrected chi connectivity index (χ0v) is 7.19. The first-order valence-electron chi connectivity index (χ1n) is 3.63.